The molecule has 0 amide bonds. The van der Waals surface area contributed by atoms with Gasteiger partial charge < -0.3 is 39.5 Å². The van der Waals surface area contributed by atoms with E-state index >= 15 is 0 Å². The largest absolute Gasteiger partial charge is 0.504 e. The molecule has 0 N–H and O–H groups in total. The van der Waals surface area contributed by atoms with Crippen molar-refractivity contribution in [1.29, 1.82) is 0 Å². The Balaban J connectivity index is 0.000000120. The van der Waals surface area contributed by atoms with Crippen LogP contribution in [0.1, 0.15) is 0 Å². The van der Waals surface area contributed by atoms with Gasteiger partial charge in [0.2, 0.25) is 0 Å². The van der Waals surface area contributed by atoms with Crippen LogP contribution < -0.4 is 29.6 Å². The first-order chi connectivity index (χ1) is 28.6. The zero-order chi connectivity index (χ0) is 39.3. The minimum Gasteiger partial charge on any atom is -0.504 e. The minimum absolute atomic E-state index is 0. The second kappa shape index (κ2) is 19.2. The molecule has 304 valence electrons. The number of aromatic nitrogens is 4. The van der Waals surface area contributed by atoms with Gasteiger partial charge in [-0.1, -0.05) is 121 Å². The fourth-order valence-corrected chi connectivity index (χ4v) is 7.20. The van der Waals surface area contributed by atoms with E-state index in [0.717, 1.165) is 44.5 Å². The van der Waals surface area contributed by atoms with Crippen LogP contribution in [0.4, 0.5) is 34.1 Å². The van der Waals surface area contributed by atoms with Gasteiger partial charge in [-0.3, -0.25) is 0 Å². The number of benzene rings is 6. The molecule has 10 aromatic rings. The maximum Gasteiger partial charge on any atom is 0.0326 e. The molecule has 8 nitrogen and oxygen atoms in total. The van der Waals surface area contributed by atoms with Crippen molar-refractivity contribution in [2.24, 2.45) is 0 Å². The quantitative estimate of drug-likeness (QED) is 0.159. The van der Waals surface area contributed by atoms with Crippen LogP contribution in [-0.2, 0) is 42.1 Å². The van der Waals surface area contributed by atoms with E-state index in [1.165, 1.54) is 33.5 Å². The predicted octanol–water partition coefficient (Wildman–Crippen LogP) is 11.1. The fraction of sp³-hybridized carbons (Fsp3) is 0.0400. The molecule has 2 aliphatic heterocycles. The van der Waals surface area contributed by atoms with Crippen LogP contribution in [-0.4, -0.2) is 24.1 Å². The van der Waals surface area contributed by atoms with Crippen LogP contribution in [0.15, 0.2) is 182 Å². The van der Waals surface area contributed by atoms with Gasteiger partial charge in [-0.25, -0.2) is 0 Å². The Bertz CT molecular complexity index is 2630. The summed E-state index contributed by atoms with van der Waals surface area (Å²) < 4.78 is 0. The SMILES string of the molecule is CN1[CH-]N(c2[c-]cccc2)c2ccccc21.CN1[CH-]N(c2[c-]cccc2)c2ccccc21.[Pt].[Pt].c1ccc2c(c1)[n-]c1ncccc12.c1ccc2c(c1)[n-]c1ncccc12. The van der Waals surface area contributed by atoms with Gasteiger partial charge in [0.05, 0.1) is 0 Å². The molecule has 0 fully saturated rings. The number of para-hydroxylation sites is 8. The van der Waals surface area contributed by atoms with E-state index in [2.05, 4.69) is 164 Å². The predicted molar refractivity (Wildman–Crippen MR) is 238 cm³/mol. The summed E-state index contributed by atoms with van der Waals surface area (Å²) in [4.78, 5) is 25.8. The number of hydrogen-bond donors (Lipinski definition) is 0. The van der Waals surface area contributed by atoms with Crippen LogP contribution in [0.5, 0.6) is 0 Å². The van der Waals surface area contributed by atoms with Gasteiger partial charge in [-0.15, -0.1) is 11.4 Å². The summed E-state index contributed by atoms with van der Waals surface area (Å²) in [5, 5.41) is 4.65. The Morgan fingerprint density at radius 1 is 0.417 bits per heavy atom. The van der Waals surface area contributed by atoms with Crippen molar-refractivity contribution < 1.29 is 42.1 Å². The second-order valence-electron chi connectivity index (χ2n) is 13.7. The first-order valence-corrected chi connectivity index (χ1v) is 19.0. The van der Waals surface area contributed by atoms with E-state index in [-0.39, 0.29) is 42.1 Å². The fourth-order valence-electron chi connectivity index (χ4n) is 7.20. The summed E-state index contributed by atoms with van der Waals surface area (Å²) in [6, 6.07) is 63.4. The normalized spacial score (nSPS) is 12.3. The smallest absolute Gasteiger partial charge is 0.0326 e. The van der Waals surface area contributed by atoms with Gasteiger partial charge in [-0.2, -0.15) is 74.0 Å². The average Bonchev–Trinajstić information content (AvgIpc) is 4.05. The van der Waals surface area contributed by atoms with E-state index in [1.807, 2.05) is 84.9 Å². The number of rotatable bonds is 2. The minimum atomic E-state index is 0. The molecule has 0 saturated carbocycles. The molecule has 6 heterocycles. The summed E-state index contributed by atoms with van der Waals surface area (Å²) in [6.45, 7) is 4.16. The van der Waals surface area contributed by atoms with Crippen molar-refractivity contribution in [1.82, 2.24) is 19.9 Å². The maximum absolute atomic E-state index is 4.40. The van der Waals surface area contributed by atoms with Crippen LogP contribution in [0, 0.1) is 25.5 Å². The number of anilines is 6. The van der Waals surface area contributed by atoms with E-state index in [1.54, 1.807) is 12.4 Å². The summed E-state index contributed by atoms with van der Waals surface area (Å²) in [5.74, 6) is 0. The van der Waals surface area contributed by atoms with Gasteiger partial charge >= 0.3 is 0 Å². The monoisotopic (exact) mass is 1140 g/mol. The van der Waals surface area contributed by atoms with Crippen LogP contribution in [0.3, 0.4) is 0 Å². The Kier molecular flexibility index (Phi) is 13.5. The third-order valence-corrected chi connectivity index (χ3v) is 9.94. The van der Waals surface area contributed by atoms with E-state index in [0.29, 0.717) is 0 Å². The molecule has 0 saturated heterocycles. The molecule has 0 radical (unpaired) electrons. The molecule has 0 aliphatic carbocycles. The first-order valence-electron chi connectivity index (χ1n) is 19.0. The van der Waals surface area contributed by atoms with Gasteiger partial charge in [0.25, 0.3) is 0 Å². The number of hydrogen-bond acceptors (Lipinski definition) is 6. The van der Waals surface area contributed by atoms with Crippen molar-refractivity contribution in [3.05, 3.63) is 208 Å². The van der Waals surface area contributed by atoms with Crippen molar-refractivity contribution in [2.45, 2.75) is 0 Å². The van der Waals surface area contributed by atoms with E-state index < -0.39 is 0 Å². The first kappa shape index (κ1) is 41.9. The van der Waals surface area contributed by atoms with Crippen molar-refractivity contribution >= 4 is 78.0 Å². The number of fused-ring (bicyclic) bond motifs is 8. The number of pyridine rings is 2. The van der Waals surface area contributed by atoms with Gasteiger partial charge in [-0.05, 0) is 70.9 Å². The molecule has 0 unspecified atom stereocenters. The third-order valence-electron chi connectivity index (χ3n) is 9.94. The summed E-state index contributed by atoms with van der Waals surface area (Å²) in [7, 11) is 4.11. The molecular formula is C50H38N8Pt2-6. The molecule has 0 atom stereocenters. The Labute approximate surface area is 379 Å². The van der Waals surface area contributed by atoms with Gasteiger partial charge in [0.15, 0.2) is 0 Å². The van der Waals surface area contributed by atoms with E-state index in [9.17, 15) is 0 Å². The van der Waals surface area contributed by atoms with Crippen LogP contribution in [0.25, 0.3) is 43.9 Å². The van der Waals surface area contributed by atoms with Crippen molar-refractivity contribution in [3.8, 4) is 0 Å². The van der Waals surface area contributed by atoms with Gasteiger partial charge in [0, 0.05) is 64.9 Å². The third kappa shape index (κ3) is 8.72. The Morgan fingerprint density at radius 2 is 0.783 bits per heavy atom. The maximum atomic E-state index is 4.40. The van der Waals surface area contributed by atoms with Crippen LogP contribution >= 0.6 is 0 Å². The second-order valence-corrected chi connectivity index (χ2v) is 13.7. The average molecular weight is 1140 g/mol. The molecular weight excluding hydrogens is 1100 g/mol. The summed E-state index contributed by atoms with van der Waals surface area (Å²) in [5.41, 5.74) is 10.7. The molecule has 0 spiro atoms. The summed E-state index contributed by atoms with van der Waals surface area (Å²) in [6.07, 6.45) is 3.54. The summed E-state index contributed by atoms with van der Waals surface area (Å²) >= 11 is 0. The topological polar surface area (TPSA) is 66.9 Å². The van der Waals surface area contributed by atoms with Crippen molar-refractivity contribution in [3.63, 3.8) is 0 Å². The molecule has 6 aromatic carbocycles. The molecule has 10 heteroatoms. The zero-order valence-electron chi connectivity index (χ0n) is 32.7. The number of nitrogens with zero attached hydrogens (tertiary/aromatic N) is 8. The van der Waals surface area contributed by atoms with E-state index in [4.69, 9.17) is 0 Å². The Hall–Kier alpha value is -6.20. The zero-order valence-corrected chi connectivity index (χ0v) is 37.2. The van der Waals surface area contributed by atoms with Crippen LogP contribution in [0.2, 0.25) is 0 Å². The molecule has 12 rings (SSSR count). The standard InChI is InChI=1S/2C14H12N2.2C11H7N2.2Pt/c2*1-15-11-16(12-7-3-2-4-8-12)14-10-6-5-9-13(14)15;2*1-2-6-10-8(4-1)9-5-3-7-12-11(9)13-10;;/h2*2-7,9-11H,1H3;2*1-7H;;/q2*-2;2*-1;;. The molecule has 60 heavy (non-hydrogen) atoms. The Morgan fingerprint density at radius 3 is 1.20 bits per heavy atom. The molecule has 2 aliphatic rings. The molecule has 4 aromatic heterocycles. The van der Waals surface area contributed by atoms with Gasteiger partial charge in [0.1, 0.15) is 0 Å². The molecule has 0 bridgehead atoms. The van der Waals surface area contributed by atoms with Crippen molar-refractivity contribution in [2.75, 3.05) is 33.7 Å².